The van der Waals surface area contributed by atoms with Crippen molar-refractivity contribution in [3.05, 3.63) is 111 Å². The van der Waals surface area contributed by atoms with E-state index in [1.807, 2.05) is 35.0 Å². The zero-order valence-corrected chi connectivity index (χ0v) is 15.2. The molecule has 0 atom stereocenters. The Hall–Kier alpha value is -3.73. The summed E-state index contributed by atoms with van der Waals surface area (Å²) in [4.78, 5) is 13.0. The molecule has 0 aliphatic heterocycles. The maximum Gasteiger partial charge on any atom is 0.234 e. The molecule has 5 nitrogen and oxygen atoms in total. The third kappa shape index (κ3) is 5.64. The van der Waals surface area contributed by atoms with E-state index in [-0.39, 0.29) is 6.61 Å². The molecule has 2 rings (SSSR count). The molecule has 0 aromatic carbocycles. The van der Waals surface area contributed by atoms with Crippen molar-refractivity contribution in [1.29, 1.82) is 0 Å². The second-order valence-corrected chi connectivity index (χ2v) is 5.27. The number of imidazole rings is 1. The number of rotatable bonds is 9. The van der Waals surface area contributed by atoms with Crippen molar-refractivity contribution < 1.29 is 4.74 Å². The van der Waals surface area contributed by atoms with Crippen LogP contribution in [0.1, 0.15) is 11.3 Å². The summed E-state index contributed by atoms with van der Waals surface area (Å²) in [6, 6.07) is 0. The van der Waals surface area contributed by atoms with Gasteiger partial charge in [-0.3, -0.25) is 4.40 Å². The van der Waals surface area contributed by atoms with Crippen molar-refractivity contribution in [2.45, 2.75) is 6.61 Å². The van der Waals surface area contributed by atoms with Crippen molar-refractivity contribution in [2.24, 2.45) is 4.99 Å². The fourth-order valence-corrected chi connectivity index (χ4v) is 2.17. The Balaban J connectivity index is 2.22. The fraction of sp³-hybridized carbons (Fsp3) is 0.0455. The molecule has 0 radical (unpaired) electrons. The SMILES string of the molecule is C=C/C=C\N=C(/C=C)OCc1cn2cc(C(/C=C\C=C)=C/C=C)cnc2n1. The molecule has 0 amide bonds. The van der Waals surface area contributed by atoms with Gasteiger partial charge in [0.1, 0.15) is 6.61 Å². The van der Waals surface area contributed by atoms with Gasteiger partial charge in [-0.25, -0.2) is 15.0 Å². The average Bonchev–Trinajstić information content (AvgIpc) is 3.10. The second kappa shape index (κ2) is 10.3. The van der Waals surface area contributed by atoms with E-state index in [0.29, 0.717) is 11.7 Å². The molecular formula is C22H22N4O. The molecule has 2 heterocycles. The molecule has 0 bridgehead atoms. The second-order valence-electron chi connectivity index (χ2n) is 5.27. The van der Waals surface area contributed by atoms with Crippen LogP contribution in [-0.4, -0.2) is 20.3 Å². The molecule has 136 valence electrons. The van der Waals surface area contributed by atoms with Gasteiger partial charge >= 0.3 is 0 Å². The predicted molar refractivity (Wildman–Crippen MR) is 112 cm³/mol. The van der Waals surface area contributed by atoms with Gasteiger partial charge in [0.2, 0.25) is 11.7 Å². The molecule has 0 saturated carbocycles. The predicted octanol–water partition coefficient (Wildman–Crippen LogP) is 4.84. The Morgan fingerprint density at radius 1 is 1.11 bits per heavy atom. The van der Waals surface area contributed by atoms with Gasteiger partial charge in [0.25, 0.3) is 0 Å². The third-order valence-electron chi connectivity index (χ3n) is 3.37. The average molecular weight is 358 g/mol. The minimum atomic E-state index is 0.261. The summed E-state index contributed by atoms with van der Waals surface area (Å²) < 4.78 is 7.47. The van der Waals surface area contributed by atoms with Crippen LogP contribution in [0, 0.1) is 0 Å². The van der Waals surface area contributed by atoms with Crippen LogP contribution in [0.3, 0.4) is 0 Å². The Kier molecular flexibility index (Phi) is 7.48. The van der Waals surface area contributed by atoms with Gasteiger partial charge in [0.05, 0.1) is 5.69 Å². The monoisotopic (exact) mass is 358 g/mol. The number of ether oxygens (including phenoxy) is 1. The first-order valence-corrected chi connectivity index (χ1v) is 8.28. The van der Waals surface area contributed by atoms with Crippen LogP contribution in [0.4, 0.5) is 0 Å². The standard InChI is InChI=1S/C22H22N4O/c1-5-9-12-18(11-7-3)19-14-24-22-25-20(16-26(22)15-19)17-27-21(8-4)23-13-10-6-2/h5-16H,1-4,17H2/b12-9-,13-10-,18-11+,23-21+. The number of allylic oxidation sites excluding steroid dienone is 8. The van der Waals surface area contributed by atoms with Crippen LogP contribution in [0.5, 0.6) is 0 Å². The minimum Gasteiger partial charge on any atom is -0.471 e. The van der Waals surface area contributed by atoms with Crippen LogP contribution >= 0.6 is 0 Å². The van der Waals surface area contributed by atoms with Crippen LogP contribution < -0.4 is 0 Å². The smallest absolute Gasteiger partial charge is 0.234 e. The maximum atomic E-state index is 5.62. The number of aromatic nitrogens is 3. The zero-order chi connectivity index (χ0) is 19.5. The molecule has 27 heavy (non-hydrogen) atoms. The van der Waals surface area contributed by atoms with Gasteiger partial charge in [0, 0.05) is 30.4 Å². The van der Waals surface area contributed by atoms with E-state index < -0.39 is 0 Å². The summed E-state index contributed by atoms with van der Waals surface area (Å²) >= 11 is 0. The molecule has 5 heteroatoms. The van der Waals surface area contributed by atoms with E-state index in [9.17, 15) is 0 Å². The van der Waals surface area contributed by atoms with Gasteiger partial charge in [-0.1, -0.05) is 62.8 Å². The molecular weight excluding hydrogens is 336 g/mol. The first kappa shape index (κ1) is 19.6. The highest BCUT2D eigenvalue weighted by molar-refractivity contribution is 5.87. The summed E-state index contributed by atoms with van der Waals surface area (Å²) in [5, 5.41) is 0. The van der Waals surface area contributed by atoms with Crippen LogP contribution in [0.15, 0.2) is 105 Å². The van der Waals surface area contributed by atoms with Crippen LogP contribution in [0.2, 0.25) is 0 Å². The lowest BCUT2D eigenvalue weighted by atomic mass is 10.1. The highest BCUT2D eigenvalue weighted by Crippen LogP contribution is 2.16. The fourth-order valence-electron chi connectivity index (χ4n) is 2.17. The highest BCUT2D eigenvalue weighted by Gasteiger charge is 2.06. The third-order valence-corrected chi connectivity index (χ3v) is 3.37. The minimum absolute atomic E-state index is 0.261. The number of hydrogen-bond acceptors (Lipinski definition) is 4. The lowest BCUT2D eigenvalue weighted by Gasteiger charge is -2.02. The van der Waals surface area contributed by atoms with Crippen LogP contribution in [0.25, 0.3) is 11.4 Å². The lowest BCUT2D eigenvalue weighted by molar-refractivity contribution is 0.291. The molecule has 0 aliphatic rings. The molecule has 0 aliphatic carbocycles. The maximum absolute atomic E-state index is 5.62. The van der Waals surface area contributed by atoms with Crippen molar-refractivity contribution in [2.75, 3.05) is 0 Å². The van der Waals surface area contributed by atoms with Crippen molar-refractivity contribution >= 4 is 17.2 Å². The van der Waals surface area contributed by atoms with Gasteiger partial charge in [-0.2, -0.15) is 0 Å². The molecule has 0 N–H and O–H groups in total. The number of fused-ring (bicyclic) bond motifs is 1. The van der Waals surface area contributed by atoms with E-state index in [4.69, 9.17) is 4.74 Å². The van der Waals surface area contributed by atoms with Gasteiger partial charge in [0.15, 0.2) is 0 Å². The Bertz CT molecular complexity index is 958. The van der Waals surface area contributed by atoms with Gasteiger partial charge < -0.3 is 4.74 Å². The van der Waals surface area contributed by atoms with E-state index in [0.717, 1.165) is 16.8 Å². The molecule has 2 aromatic heterocycles. The summed E-state index contributed by atoms with van der Waals surface area (Å²) in [5.74, 6) is 0.996. The zero-order valence-electron chi connectivity index (χ0n) is 15.2. The van der Waals surface area contributed by atoms with E-state index in [1.54, 1.807) is 36.7 Å². The summed E-state index contributed by atoms with van der Waals surface area (Å²) in [7, 11) is 0. The van der Waals surface area contributed by atoms with E-state index >= 15 is 0 Å². The van der Waals surface area contributed by atoms with Crippen molar-refractivity contribution in [3.63, 3.8) is 0 Å². The first-order chi connectivity index (χ1) is 13.2. The first-order valence-electron chi connectivity index (χ1n) is 8.28. The molecule has 0 spiro atoms. The molecule has 0 saturated heterocycles. The molecule has 0 fully saturated rings. The van der Waals surface area contributed by atoms with Crippen molar-refractivity contribution in [1.82, 2.24) is 14.4 Å². The molecule has 0 unspecified atom stereocenters. The van der Waals surface area contributed by atoms with Gasteiger partial charge in [-0.05, 0) is 17.7 Å². The normalized spacial score (nSPS) is 12.6. The van der Waals surface area contributed by atoms with Gasteiger partial charge in [-0.15, -0.1) is 0 Å². The highest BCUT2D eigenvalue weighted by atomic mass is 16.5. The lowest BCUT2D eigenvalue weighted by Crippen LogP contribution is -2.01. The Morgan fingerprint density at radius 3 is 2.63 bits per heavy atom. The van der Waals surface area contributed by atoms with Crippen molar-refractivity contribution in [3.8, 4) is 0 Å². The number of hydrogen-bond donors (Lipinski definition) is 0. The topological polar surface area (TPSA) is 51.8 Å². The number of nitrogens with zero attached hydrogens (tertiary/aromatic N) is 4. The van der Waals surface area contributed by atoms with E-state index in [1.165, 1.54) is 6.08 Å². The van der Waals surface area contributed by atoms with Crippen LogP contribution in [-0.2, 0) is 11.3 Å². The molecule has 2 aromatic rings. The summed E-state index contributed by atoms with van der Waals surface area (Å²) in [6.07, 6.45) is 21.2. The summed E-state index contributed by atoms with van der Waals surface area (Å²) in [6.45, 7) is 15.0. The van der Waals surface area contributed by atoms with E-state index in [2.05, 4.69) is 41.3 Å². The Labute approximate surface area is 159 Å². The quantitative estimate of drug-likeness (QED) is 0.366. The number of aliphatic imine (C=N–C) groups is 1. The Morgan fingerprint density at radius 2 is 1.93 bits per heavy atom. The largest absolute Gasteiger partial charge is 0.471 e. The summed E-state index contributed by atoms with van der Waals surface area (Å²) in [5.41, 5.74) is 2.65.